The highest BCUT2D eigenvalue weighted by Gasteiger charge is 2.19. The van der Waals surface area contributed by atoms with Gasteiger partial charge in [0.15, 0.2) is 0 Å². The van der Waals surface area contributed by atoms with Crippen LogP contribution in [0.25, 0.3) is 0 Å². The lowest BCUT2D eigenvalue weighted by atomic mass is 10.0. The number of benzene rings is 1. The lowest BCUT2D eigenvalue weighted by Gasteiger charge is -2.06. The Morgan fingerprint density at radius 1 is 1.28 bits per heavy atom. The first-order valence-corrected chi connectivity index (χ1v) is 5.92. The second-order valence-corrected chi connectivity index (χ2v) is 4.70. The van der Waals surface area contributed by atoms with Crippen molar-refractivity contribution >= 4 is 29.0 Å². The summed E-state index contributed by atoms with van der Waals surface area (Å²) in [6.45, 7) is 1.72. The number of rotatable bonds is 2. The van der Waals surface area contributed by atoms with E-state index in [1.54, 1.807) is 13.0 Å². The maximum atomic E-state index is 12.2. The predicted octanol–water partition coefficient (Wildman–Crippen LogP) is 2.56. The van der Waals surface area contributed by atoms with E-state index in [0.717, 1.165) is 0 Å². The summed E-state index contributed by atoms with van der Waals surface area (Å²) in [5.74, 6) is -0.415. The average Bonchev–Trinajstić information content (AvgIpc) is 2.67. The van der Waals surface area contributed by atoms with Crippen molar-refractivity contribution < 1.29 is 4.79 Å². The Balaban J connectivity index is 2.57. The highest BCUT2D eigenvalue weighted by Crippen LogP contribution is 2.28. The smallest absolute Gasteiger partial charge is 0.277 e. The third-order valence-corrected chi connectivity index (χ3v) is 3.64. The number of carbonyl (C=O) groups is 1. The number of aromatic amines is 1. The van der Waals surface area contributed by atoms with Crippen molar-refractivity contribution in [2.75, 3.05) is 0 Å². The van der Waals surface area contributed by atoms with Gasteiger partial charge in [-0.2, -0.15) is 0 Å². The molecule has 0 saturated heterocycles. The van der Waals surface area contributed by atoms with Crippen LogP contribution in [0.3, 0.4) is 0 Å². The van der Waals surface area contributed by atoms with Crippen molar-refractivity contribution in [3.05, 3.63) is 55.4 Å². The van der Waals surface area contributed by atoms with E-state index in [1.165, 1.54) is 24.0 Å². The maximum absolute atomic E-state index is 12.2. The Kier molecular flexibility index (Phi) is 3.32. The minimum Gasteiger partial charge on any atom is -0.302 e. The summed E-state index contributed by atoms with van der Waals surface area (Å²) in [5, 5.41) is 3.41. The Labute approximate surface area is 113 Å². The summed E-state index contributed by atoms with van der Waals surface area (Å²) in [6, 6.07) is 3.11. The van der Waals surface area contributed by atoms with Gasteiger partial charge in [0, 0.05) is 23.8 Å². The zero-order valence-electron chi connectivity index (χ0n) is 9.75. The first kappa shape index (κ1) is 12.9. The molecule has 0 saturated carbocycles. The number of hydrogen-bond acceptors (Lipinski definition) is 2. The van der Waals surface area contributed by atoms with E-state index in [4.69, 9.17) is 23.2 Å². The van der Waals surface area contributed by atoms with Gasteiger partial charge in [-0.25, -0.2) is 0 Å². The molecule has 94 valence electrons. The highest BCUT2D eigenvalue weighted by atomic mass is 35.5. The topological polar surface area (TPSA) is 54.9 Å². The van der Waals surface area contributed by atoms with Crippen molar-refractivity contribution in [3.63, 3.8) is 0 Å². The average molecular weight is 285 g/mol. The monoisotopic (exact) mass is 284 g/mol. The quantitative estimate of drug-likeness (QED) is 0.862. The Morgan fingerprint density at radius 2 is 1.94 bits per heavy atom. The Bertz CT molecular complexity index is 686. The summed E-state index contributed by atoms with van der Waals surface area (Å²) >= 11 is 12.0. The molecule has 6 heteroatoms. The van der Waals surface area contributed by atoms with Gasteiger partial charge in [0.05, 0.1) is 5.02 Å². The van der Waals surface area contributed by atoms with Crippen LogP contribution in [0.4, 0.5) is 0 Å². The number of halogens is 2. The molecule has 0 unspecified atom stereocenters. The van der Waals surface area contributed by atoms with E-state index < -0.39 is 5.78 Å². The van der Waals surface area contributed by atoms with Crippen LogP contribution < -0.4 is 5.56 Å². The van der Waals surface area contributed by atoms with Gasteiger partial charge in [-0.15, -0.1) is 0 Å². The van der Waals surface area contributed by atoms with Gasteiger partial charge in [0.25, 0.3) is 5.56 Å². The van der Waals surface area contributed by atoms with Crippen LogP contribution >= 0.6 is 23.2 Å². The fourth-order valence-corrected chi connectivity index (χ4v) is 2.06. The maximum Gasteiger partial charge on any atom is 0.277 e. The van der Waals surface area contributed by atoms with Gasteiger partial charge in [0.2, 0.25) is 5.78 Å². The summed E-state index contributed by atoms with van der Waals surface area (Å²) in [4.78, 5) is 23.9. The minimum absolute atomic E-state index is 0.0566. The van der Waals surface area contributed by atoms with Crippen LogP contribution in [-0.2, 0) is 7.05 Å². The van der Waals surface area contributed by atoms with Gasteiger partial charge in [0.1, 0.15) is 5.56 Å². The van der Waals surface area contributed by atoms with Gasteiger partial charge in [-0.1, -0.05) is 23.2 Å². The SMILES string of the molecule is Cc1c(Cl)ccc(C(=O)c2c[nH]n(C)c2=O)c1Cl. The van der Waals surface area contributed by atoms with Gasteiger partial charge < -0.3 is 5.10 Å². The molecule has 0 radical (unpaired) electrons. The number of nitrogens with zero attached hydrogens (tertiary/aromatic N) is 1. The van der Waals surface area contributed by atoms with E-state index in [9.17, 15) is 9.59 Å². The van der Waals surface area contributed by atoms with Crippen LogP contribution in [0.5, 0.6) is 0 Å². The molecule has 1 aromatic heterocycles. The van der Waals surface area contributed by atoms with Gasteiger partial charge >= 0.3 is 0 Å². The van der Waals surface area contributed by atoms with E-state index in [2.05, 4.69) is 5.10 Å². The summed E-state index contributed by atoms with van der Waals surface area (Å²) in [7, 11) is 1.54. The van der Waals surface area contributed by atoms with E-state index in [0.29, 0.717) is 10.6 Å². The lowest BCUT2D eigenvalue weighted by molar-refractivity contribution is 0.103. The molecule has 0 atom stereocenters. The van der Waals surface area contributed by atoms with Crippen LogP contribution in [0.1, 0.15) is 21.5 Å². The molecule has 2 rings (SSSR count). The normalized spacial score (nSPS) is 10.7. The fourth-order valence-electron chi connectivity index (χ4n) is 1.61. The molecule has 0 spiro atoms. The van der Waals surface area contributed by atoms with E-state index >= 15 is 0 Å². The molecule has 0 aliphatic heterocycles. The molecular weight excluding hydrogens is 275 g/mol. The summed E-state index contributed by atoms with van der Waals surface area (Å²) in [5.41, 5.74) is 0.566. The lowest BCUT2D eigenvalue weighted by Crippen LogP contribution is -2.19. The first-order chi connectivity index (χ1) is 8.43. The molecule has 4 nitrogen and oxygen atoms in total. The Morgan fingerprint density at radius 3 is 2.50 bits per heavy atom. The highest BCUT2D eigenvalue weighted by molar-refractivity contribution is 6.38. The third-order valence-electron chi connectivity index (χ3n) is 2.75. The zero-order valence-corrected chi connectivity index (χ0v) is 11.3. The summed E-state index contributed by atoms with van der Waals surface area (Å²) in [6.07, 6.45) is 1.37. The molecule has 0 fully saturated rings. The largest absolute Gasteiger partial charge is 0.302 e. The van der Waals surface area contributed by atoms with E-state index in [-0.39, 0.29) is 21.7 Å². The summed E-state index contributed by atoms with van der Waals surface area (Å²) < 4.78 is 1.23. The predicted molar refractivity (Wildman–Crippen MR) is 70.7 cm³/mol. The Hall–Kier alpha value is -1.52. The molecule has 0 amide bonds. The molecule has 1 N–H and O–H groups in total. The first-order valence-electron chi connectivity index (χ1n) is 5.17. The molecule has 18 heavy (non-hydrogen) atoms. The molecule has 0 aliphatic rings. The van der Waals surface area contributed by atoms with Gasteiger partial charge in [-0.05, 0) is 24.6 Å². The van der Waals surface area contributed by atoms with Crippen LogP contribution in [0.2, 0.25) is 10.0 Å². The number of ketones is 1. The number of carbonyl (C=O) groups excluding carboxylic acids is 1. The zero-order chi connectivity index (χ0) is 13.4. The second kappa shape index (κ2) is 4.63. The van der Waals surface area contributed by atoms with Crippen LogP contribution in [0.15, 0.2) is 23.1 Å². The van der Waals surface area contributed by atoms with E-state index in [1.807, 2.05) is 0 Å². The molecule has 2 aromatic rings. The van der Waals surface area contributed by atoms with Crippen LogP contribution in [0, 0.1) is 6.92 Å². The van der Waals surface area contributed by atoms with Crippen molar-refractivity contribution in [2.45, 2.75) is 6.92 Å². The molecule has 0 bridgehead atoms. The minimum atomic E-state index is -0.415. The molecule has 1 aromatic carbocycles. The molecule has 0 aliphatic carbocycles. The number of nitrogens with one attached hydrogen (secondary N) is 1. The molecular formula is C12H10Cl2N2O2. The number of H-pyrrole nitrogens is 1. The second-order valence-electron chi connectivity index (χ2n) is 3.91. The number of aryl methyl sites for hydroxylation is 1. The number of hydrogen-bond donors (Lipinski definition) is 1. The van der Waals surface area contributed by atoms with Gasteiger partial charge in [-0.3, -0.25) is 14.3 Å². The van der Waals surface area contributed by atoms with Crippen molar-refractivity contribution in [3.8, 4) is 0 Å². The van der Waals surface area contributed by atoms with Crippen LogP contribution in [-0.4, -0.2) is 15.6 Å². The fraction of sp³-hybridized carbons (Fsp3) is 0.167. The van der Waals surface area contributed by atoms with Crippen molar-refractivity contribution in [1.82, 2.24) is 9.78 Å². The number of aromatic nitrogens is 2. The van der Waals surface area contributed by atoms with Crippen molar-refractivity contribution in [1.29, 1.82) is 0 Å². The third kappa shape index (κ3) is 1.98. The standard InChI is InChI=1S/C12H10Cl2N2O2/c1-6-9(13)4-3-7(10(6)14)11(17)8-5-15-16(2)12(8)18/h3-5,15H,1-2H3. The molecule has 1 heterocycles. The van der Waals surface area contributed by atoms with Crippen molar-refractivity contribution in [2.24, 2.45) is 7.05 Å².